The van der Waals surface area contributed by atoms with Crippen molar-refractivity contribution in [3.05, 3.63) is 22.6 Å². The molecule has 0 saturated heterocycles. The molecule has 0 spiro atoms. The van der Waals surface area contributed by atoms with Crippen LogP contribution in [0.3, 0.4) is 0 Å². The van der Waals surface area contributed by atoms with E-state index in [9.17, 15) is 0 Å². The molecular formula is C13H22BrNO. The molecule has 0 saturated carbocycles. The predicted molar refractivity (Wildman–Crippen MR) is 71.6 cm³/mol. The van der Waals surface area contributed by atoms with E-state index in [2.05, 4.69) is 28.2 Å². The minimum absolute atomic E-state index is 0.355. The van der Waals surface area contributed by atoms with Crippen LogP contribution in [-0.4, -0.2) is 7.05 Å². The summed E-state index contributed by atoms with van der Waals surface area (Å²) in [6.07, 6.45) is 7.77. The molecule has 0 aliphatic rings. The Bertz CT molecular complexity index is 285. The summed E-state index contributed by atoms with van der Waals surface area (Å²) in [6.45, 7) is 2.25. The number of furan rings is 1. The monoisotopic (exact) mass is 287 g/mol. The standard InChI is InChI=1S/C13H22BrNO/c1-3-4-5-6-7-8-11(15-2)12-9-10-13(14)16-12/h9-11,15H,3-8H2,1-2H3. The van der Waals surface area contributed by atoms with E-state index in [1.165, 1.54) is 32.1 Å². The zero-order valence-electron chi connectivity index (χ0n) is 10.3. The van der Waals surface area contributed by atoms with Gasteiger partial charge in [-0.05, 0) is 41.5 Å². The van der Waals surface area contributed by atoms with Gasteiger partial charge in [-0.3, -0.25) is 0 Å². The normalized spacial score (nSPS) is 12.9. The smallest absolute Gasteiger partial charge is 0.169 e. The summed E-state index contributed by atoms with van der Waals surface area (Å²) >= 11 is 3.34. The van der Waals surface area contributed by atoms with Crippen LogP contribution in [0.1, 0.15) is 57.3 Å². The van der Waals surface area contributed by atoms with Gasteiger partial charge in [-0.2, -0.15) is 0 Å². The molecule has 1 aromatic heterocycles. The third-order valence-corrected chi connectivity index (χ3v) is 3.31. The molecule has 0 aromatic carbocycles. The Kier molecular flexibility index (Phi) is 6.81. The molecule has 0 bridgehead atoms. The first-order valence-corrected chi connectivity index (χ1v) is 6.99. The number of unbranched alkanes of at least 4 members (excludes halogenated alkanes) is 4. The quantitative estimate of drug-likeness (QED) is 0.704. The average Bonchev–Trinajstić information content (AvgIpc) is 2.70. The van der Waals surface area contributed by atoms with Gasteiger partial charge in [-0.15, -0.1) is 0 Å². The van der Waals surface area contributed by atoms with E-state index in [1.807, 2.05) is 19.2 Å². The highest BCUT2D eigenvalue weighted by atomic mass is 79.9. The molecular weight excluding hydrogens is 266 g/mol. The third-order valence-electron chi connectivity index (χ3n) is 2.88. The van der Waals surface area contributed by atoms with E-state index >= 15 is 0 Å². The van der Waals surface area contributed by atoms with Crippen molar-refractivity contribution in [2.75, 3.05) is 7.05 Å². The second-order valence-electron chi connectivity index (χ2n) is 4.19. The molecule has 16 heavy (non-hydrogen) atoms. The maximum atomic E-state index is 5.57. The Labute approximate surface area is 107 Å². The van der Waals surface area contributed by atoms with Crippen molar-refractivity contribution in [2.24, 2.45) is 0 Å². The summed E-state index contributed by atoms with van der Waals surface area (Å²) in [4.78, 5) is 0. The van der Waals surface area contributed by atoms with Crippen LogP contribution in [0.25, 0.3) is 0 Å². The van der Waals surface area contributed by atoms with E-state index in [1.54, 1.807) is 0 Å². The second-order valence-corrected chi connectivity index (χ2v) is 4.97. The lowest BCUT2D eigenvalue weighted by Gasteiger charge is -2.13. The summed E-state index contributed by atoms with van der Waals surface area (Å²) < 4.78 is 6.38. The Morgan fingerprint density at radius 3 is 2.56 bits per heavy atom. The van der Waals surface area contributed by atoms with Crippen LogP contribution in [0, 0.1) is 0 Å². The summed E-state index contributed by atoms with van der Waals surface area (Å²) in [6, 6.07) is 4.35. The number of rotatable bonds is 8. The molecule has 1 heterocycles. The van der Waals surface area contributed by atoms with Gasteiger partial charge in [0.2, 0.25) is 0 Å². The van der Waals surface area contributed by atoms with Gasteiger partial charge in [0.15, 0.2) is 4.67 Å². The number of hydrogen-bond donors (Lipinski definition) is 1. The van der Waals surface area contributed by atoms with Crippen molar-refractivity contribution in [3.63, 3.8) is 0 Å². The van der Waals surface area contributed by atoms with Gasteiger partial charge in [-0.1, -0.05) is 39.0 Å². The third kappa shape index (κ3) is 4.71. The number of hydrogen-bond acceptors (Lipinski definition) is 2. The zero-order valence-corrected chi connectivity index (χ0v) is 11.8. The van der Waals surface area contributed by atoms with E-state index in [0.717, 1.165) is 16.9 Å². The molecule has 3 heteroatoms. The Morgan fingerprint density at radius 1 is 1.25 bits per heavy atom. The van der Waals surface area contributed by atoms with E-state index in [4.69, 9.17) is 4.42 Å². The van der Waals surface area contributed by atoms with E-state index in [-0.39, 0.29) is 0 Å². The van der Waals surface area contributed by atoms with Crippen LogP contribution in [0.15, 0.2) is 21.2 Å². The van der Waals surface area contributed by atoms with E-state index < -0.39 is 0 Å². The second kappa shape index (κ2) is 7.91. The topological polar surface area (TPSA) is 25.2 Å². The molecule has 1 unspecified atom stereocenters. The van der Waals surface area contributed by atoms with Gasteiger partial charge in [0.25, 0.3) is 0 Å². The minimum atomic E-state index is 0.355. The Balaban J connectivity index is 2.27. The van der Waals surface area contributed by atoms with Crippen LogP contribution in [0.4, 0.5) is 0 Å². The van der Waals surface area contributed by atoms with Crippen LogP contribution in [0.2, 0.25) is 0 Å². The molecule has 0 amide bonds. The summed E-state index contributed by atoms with van der Waals surface area (Å²) in [5.74, 6) is 1.03. The maximum absolute atomic E-state index is 5.57. The highest BCUT2D eigenvalue weighted by Gasteiger charge is 2.12. The molecule has 1 N–H and O–H groups in total. The fraction of sp³-hybridized carbons (Fsp3) is 0.692. The molecule has 1 aromatic rings. The predicted octanol–water partition coefficient (Wildman–Crippen LogP) is 4.66. The molecule has 0 radical (unpaired) electrons. The van der Waals surface area contributed by atoms with Crippen LogP contribution >= 0.6 is 15.9 Å². The molecule has 92 valence electrons. The van der Waals surface area contributed by atoms with Crippen LogP contribution in [-0.2, 0) is 0 Å². The van der Waals surface area contributed by atoms with Gasteiger partial charge in [0.1, 0.15) is 5.76 Å². The first-order chi connectivity index (χ1) is 7.77. The number of halogens is 1. The van der Waals surface area contributed by atoms with Crippen molar-refractivity contribution < 1.29 is 4.42 Å². The average molecular weight is 288 g/mol. The van der Waals surface area contributed by atoms with Crippen molar-refractivity contribution in [1.29, 1.82) is 0 Å². The first-order valence-electron chi connectivity index (χ1n) is 6.20. The SMILES string of the molecule is CCCCCCCC(NC)c1ccc(Br)o1. The summed E-state index contributed by atoms with van der Waals surface area (Å²) in [7, 11) is 1.99. The van der Waals surface area contributed by atoms with Crippen molar-refractivity contribution >= 4 is 15.9 Å². The fourth-order valence-corrected chi connectivity index (χ4v) is 2.22. The largest absolute Gasteiger partial charge is 0.453 e. The van der Waals surface area contributed by atoms with Gasteiger partial charge >= 0.3 is 0 Å². The lowest BCUT2D eigenvalue weighted by Crippen LogP contribution is -2.15. The van der Waals surface area contributed by atoms with Gasteiger partial charge in [0, 0.05) is 0 Å². The van der Waals surface area contributed by atoms with E-state index in [0.29, 0.717) is 6.04 Å². The molecule has 2 nitrogen and oxygen atoms in total. The Morgan fingerprint density at radius 2 is 2.00 bits per heavy atom. The summed E-state index contributed by atoms with van der Waals surface area (Å²) in [5, 5.41) is 3.31. The van der Waals surface area contributed by atoms with Crippen molar-refractivity contribution in [1.82, 2.24) is 5.32 Å². The maximum Gasteiger partial charge on any atom is 0.169 e. The molecule has 0 aliphatic heterocycles. The lowest BCUT2D eigenvalue weighted by atomic mass is 10.0. The van der Waals surface area contributed by atoms with Crippen LogP contribution in [0.5, 0.6) is 0 Å². The molecule has 1 rings (SSSR count). The highest BCUT2D eigenvalue weighted by molar-refractivity contribution is 9.10. The highest BCUT2D eigenvalue weighted by Crippen LogP contribution is 2.24. The minimum Gasteiger partial charge on any atom is -0.453 e. The van der Waals surface area contributed by atoms with Gasteiger partial charge in [-0.25, -0.2) is 0 Å². The first kappa shape index (κ1) is 13.8. The zero-order chi connectivity index (χ0) is 11.8. The van der Waals surface area contributed by atoms with Gasteiger partial charge in [0.05, 0.1) is 6.04 Å². The molecule has 1 atom stereocenters. The lowest BCUT2D eigenvalue weighted by molar-refractivity contribution is 0.392. The Hall–Kier alpha value is -0.280. The summed E-state index contributed by atoms with van der Waals surface area (Å²) in [5.41, 5.74) is 0. The fourth-order valence-electron chi connectivity index (χ4n) is 1.90. The van der Waals surface area contributed by atoms with Gasteiger partial charge < -0.3 is 9.73 Å². The van der Waals surface area contributed by atoms with Crippen molar-refractivity contribution in [2.45, 2.75) is 51.5 Å². The molecule has 0 aliphatic carbocycles. The molecule has 0 fully saturated rings. The van der Waals surface area contributed by atoms with Crippen molar-refractivity contribution in [3.8, 4) is 0 Å². The van der Waals surface area contributed by atoms with Crippen LogP contribution < -0.4 is 5.32 Å². The number of nitrogens with one attached hydrogen (secondary N) is 1.